The Bertz CT molecular complexity index is 270. The van der Waals surface area contributed by atoms with Gasteiger partial charge in [-0.1, -0.05) is 39.8 Å². The van der Waals surface area contributed by atoms with Crippen LogP contribution in [0.1, 0.15) is 34.6 Å². The maximum absolute atomic E-state index is 11.0. The van der Waals surface area contributed by atoms with Crippen LogP contribution in [0.2, 0.25) is 0 Å². The van der Waals surface area contributed by atoms with Crippen LogP contribution in [-0.4, -0.2) is 30.4 Å². The molecule has 0 heterocycles. The van der Waals surface area contributed by atoms with E-state index >= 15 is 0 Å². The van der Waals surface area contributed by atoms with Gasteiger partial charge in [-0.25, -0.2) is 4.79 Å². The van der Waals surface area contributed by atoms with E-state index in [0.717, 1.165) is 17.2 Å². The summed E-state index contributed by atoms with van der Waals surface area (Å²) < 4.78 is 0. The van der Waals surface area contributed by atoms with E-state index in [1.807, 2.05) is 11.8 Å². The summed E-state index contributed by atoms with van der Waals surface area (Å²) in [7, 11) is 1.52. The lowest BCUT2D eigenvalue weighted by molar-refractivity contribution is 0.152. The second kappa shape index (κ2) is 7.58. The zero-order valence-corrected chi connectivity index (χ0v) is 12.5. The number of hydrogen-bond acceptors (Lipinski definition) is 4. The van der Waals surface area contributed by atoms with E-state index < -0.39 is 6.09 Å². The molecular weight excluding hydrogens is 236 g/mol. The van der Waals surface area contributed by atoms with Crippen LogP contribution >= 0.6 is 11.8 Å². The van der Waals surface area contributed by atoms with Crippen molar-refractivity contribution in [2.75, 3.05) is 18.6 Å². The molecule has 4 nitrogen and oxygen atoms in total. The minimum absolute atomic E-state index is 0.0853. The second-order valence-corrected chi connectivity index (χ2v) is 6.36. The third kappa shape index (κ3) is 8.07. The SMILES string of the molecule is CNC(=O)ON=C(CSCC(C)C)C(C)(C)C. The Balaban J connectivity index is 4.39. The lowest BCUT2D eigenvalue weighted by Gasteiger charge is -2.20. The van der Waals surface area contributed by atoms with Crippen molar-refractivity contribution >= 4 is 23.6 Å². The standard InChI is InChI=1S/C12H24N2O2S/c1-9(2)7-17-8-10(12(3,4)5)14-16-11(15)13-6/h9H,7-8H2,1-6H3,(H,13,15). The number of amides is 1. The molecule has 0 aliphatic rings. The number of rotatable bonds is 5. The molecule has 1 amide bonds. The van der Waals surface area contributed by atoms with Crippen molar-refractivity contribution in [1.82, 2.24) is 5.32 Å². The fraction of sp³-hybridized carbons (Fsp3) is 0.833. The van der Waals surface area contributed by atoms with Crippen molar-refractivity contribution < 1.29 is 9.63 Å². The molecule has 0 bridgehead atoms. The zero-order valence-electron chi connectivity index (χ0n) is 11.7. The predicted molar refractivity (Wildman–Crippen MR) is 74.6 cm³/mol. The van der Waals surface area contributed by atoms with Crippen LogP contribution in [0.3, 0.4) is 0 Å². The highest BCUT2D eigenvalue weighted by Crippen LogP contribution is 2.20. The van der Waals surface area contributed by atoms with E-state index in [0.29, 0.717) is 5.92 Å². The number of carbonyl (C=O) groups excluding carboxylic acids is 1. The molecule has 0 atom stereocenters. The van der Waals surface area contributed by atoms with Crippen LogP contribution < -0.4 is 5.32 Å². The van der Waals surface area contributed by atoms with Crippen LogP contribution in [-0.2, 0) is 4.84 Å². The lowest BCUT2D eigenvalue weighted by Crippen LogP contribution is -2.25. The Morgan fingerprint density at radius 1 is 1.41 bits per heavy atom. The highest BCUT2D eigenvalue weighted by molar-refractivity contribution is 7.99. The maximum atomic E-state index is 11.0. The molecule has 0 rings (SSSR count). The van der Waals surface area contributed by atoms with E-state index in [2.05, 4.69) is 45.1 Å². The molecule has 1 N–H and O–H groups in total. The summed E-state index contributed by atoms with van der Waals surface area (Å²) in [5.41, 5.74) is 0.810. The van der Waals surface area contributed by atoms with Gasteiger partial charge in [-0.15, -0.1) is 0 Å². The van der Waals surface area contributed by atoms with Gasteiger partial charge < -0.3 is 5.32 Å². The van der Waals surface area contributed by atoms with Crippen molar-refractivity contribution in [3.8, 4) is 0 Å². The van der Waals surface area contributed by atoms with Gasteiger partial charge in [0.15, 0.2) is 0 Å². The number of carbonyl (C=O) groups is 1. The molecule has 0 aliphatic carbocycles. The van der Waals surface area contributed by atoms with Crippen molar-refractivity contribution in [2.24, 2.45) is 16.5 Å². The Hall–Kier alpha value is -0.710. The first-order valence-corrected chi connectivity index (χ1v) is 6.96. The van der Waals surface area contributed by atoms with Crippen molar-refractivity contribution in [2.45, 2.75) is 34.6 Å². The molecule has 0 aromatic carbocycles. The van der Waals surface area contributed by atoms with Gasteiger partial charge in [0.25, 0.3) is 0 Å². The Labute approximate surface area is 109 Å². The van der Waals surface area contributed by atoms with Gasteiger partial charge in [-0.05, 0) is 11.7 Å². The van der Waals surface area contributed by atoms with Crippen molar-refractivity contribution in [3.63, 3.8) is 0 Å². The summed E-state index contributed by atoms with van der Waals surface area (Å²) in [6.45, 7) is 10.6. The topological polar surface area (TPSA) is 50.7 Å². The minimum atomic E-state index is -0.527. The number of thioether (sulfide) groups is 1. The van der Waals surface area contributed by atoms with Gasteiger partial charge in [0.1, 0.15) is 0 Å². The molecule has 0 unspecified atom stereocenters. The quantitative estimate of drug-likeness (QED) is 0.469. The normalized spacial score (nSPS) is 12.8. The van der Waals surface area contributed by atoms with E-state index in [1.165, 1.54) is 7.05 Å². The fourth-order valence-electron chi connectivity index (χ4n) is 0.913. The third-order valence-corrected chi connectivity index (χ3v) is 3.38. The Morgan fingerprint density at radius 3 is 2.41 bits per heavy atom. The van der Waals surface area contributed by atoms with Crippen LogP contribution in [0.5, 0.6) is 0 Å². The van der Waals surface area contributed by atoms with E-state index in [4.69, 9.17) is 4.84 Å². The molecule has 5 heteroatoms. The molecule has 0 aliphatic heterocycles. The predicted octanol–water partition coefficient (Wildman–Crippen LogP) is 3.13. The maximum Gasteiger partial charge on any atom is 0.433 e. The molecule has 17 heavy (non-hydrogen) atoms. The molecular formula is C12H24N2O2S. The average molecular weight is 260 g/mol. The number of nitrogens with zero attached hydrogens (tertiary/aromatic N) is 1. The minimum Gasteiger partial charge on any atom is -0.323 e. The van der Waals surface area contributed by atoms with Gasteiger partial charge in [0.05, 0.1) is 5.71 Å². The lowest BCUT2D eigenvalue weighted by atomic mass is 9.91. The molecule has 0 aromatic rings. The zero-order chi connectivity index (χ0) is 13.5. The van der Waals surface area contributed by atoms with Crippen LogP contribution in [0.4, 0.5) is 4.79 Å². The van der Waals surface area contributed by atoms with Crippen molar-refractivity contribution in [3.05, 3.63) is 0 Å². The highest BCUT2D eigenvalue weighted by Gasteiger charge is 2.20. The second-order valence-electron chi connectivity index (χ2n) is 5.33. The van der Waals surface area contributed by atoms with Gasteiger partial charge >= 0.3 is 6.09 Å². The molecule has 0 saturated heterocycles. The summed E-state index contributed by atoms with van der Waals surface area (Å²) in [5.74, 6) is 2.52. The van der Waals surface area contributed by atoms with Crippen LogP contribution in [0, 0.1) is 11.3 Å². The molecule has 0 saturated carbocycles. The van der Waals surface area contributed by atoms with E-state index in [1.54, 1.807) is 0 Å². The summed E-state index contributed by atoms with van der Waals surface area (Å²) in [6.07, 6.45) is -0.527. The molecule has 0 aromatic heterocycles. The number of oxime groups is 1. The first kappa shape index (κ1) is 16.3. The smallest absolute Gasteiger partial charge is 0.323 e. The summed E-state index contributed by atoms with van der Waals surface area (Å²) in [4.78, 5) is 15.7. The van der Waals surface area contributed by atoms with Crippen LogP contribution in [0.25, 0.3) is 0 Å². The van der Waals surface area contributed by atoms with Gasteiger partial charge in [0, 0.05) is 18.2 Å². The first-order chi connectivity index (χ1) is 7.77. The van der Waals surface area contributed by atoms with E-state index in [9.17, 15) is 4.79 Å². The van der Waals surface area contributed by atoms with E-state index in [-0.39, 0.29) is 5.41 Å². The Morgan fingerprint density at radius 2 is 2.00 bits per heavy atom. The van der Waals surface area contributed by atoms with Crippen molar-refractivity contribution in [1.29, 1.82) is 0 Å². The van der Waals surface area contributed by atoms with Gasteiger partial charge in [0.2, 0.25) is 0 Å². The highest BCUT2D eigenvalue weighted by atomic mass is 32.2. The summed E-state index contributed by atoms with van der Waals surface area (Å²) in [6, 6.07) is 0. The largest absolute Gasteiger partial charge is 0.433 e. The van der Waals surface area contributed by atoms with Gasteiger partial charge in [-0.2, -0.15) is 11.8 Å². The van der Waals surface area contributed by atoms with Crippen LogP contribution in [0.15, 0.2) is 5.16 Å². The van der Waals surface area contributed by atoms with Gasteiger partial charge in [-0.3, -0.25) is 4.84 Å². The Kier molecular flexibility index (Phi) is 7.27. The molecule has 100 valence electrons. The summed E-state index contributed by atoms with van der Waals surface area (Å²) >= 11 is 1.81. The first-order valence-electron chi connectivity index (χ1n) is 5.81. The molecule has 0 fully saturated rings. The molecule has 0 radical (unpaired) electrons. The third-order valence-electron chi connectivity index (χ3n) is 2.00. The molecule has 0 spiro atoms. The fourth-order valence-corrected chi connectivity index (χ4v) is 2.18. The monoisotopic (exact) mass is 260 g/mol. The average Bonchev–Trinajstić information content (AvgIpc) is 2.20. The summed E-state index contributed by atoms with van der Waals surface area (Å²) in [5, 5.41) is 6.32. The number of nitrogens with one attached hydrogen (secondary N) is 1. The number of hydrogen-bond donors (Lipinski definition) is 1.